The van der Waals surface area contributed by atoms with Gasteiger partial charge in [-0.2, -0.15) is 0 Å². The van der Waals surface area contributed by atoms with Gasteiger partial charge < -0.3 is 5.11 Å². The molecule has 96 valence electrons. The van der Waals surface area contributed by atoms with Gasteiger partial charge >= 0.3 is 0 Å². The molecule has 16 heavy (non-hydrogen) atoms. The molecule has 0 aliphatic heterocycles. The maximum absolute atomic E-state index is 10.7. The van der Waals surface area contributed by atoms with Gasteiger partial charge in [0.15, 0.2) is 0 Å². The Hall–Kier alpha value is -0.0400. The Bertz CT molecular complexity index is 195. The van der Waals surface area contributed by atoms with E-state index in [0.29, 0.717) is 11.8 Å². The molecule has 0 bridgehead atoms. The van der Waals surface area contributed by atoms with E-state index in [1.54, 1.807) is 0 Å². The lowest BCUT2D eigenvalue weighted by atomic mass is 9.67. The van der Waals surface area contributed by atoms with E-state index < -0.39 is 0 Å². The Labute approximate surface area is 102 Å². The Kier molecular flexibility index (Phi) is 4.10. The third-order valence-corrected chi connectivity index (χ3v) is 4.33. The topological polar surface area (TPSA) is 20.2 Å². The van der Waals surface area contributed by atoms with E-state index in [1.165, 1.54) is 25.7 Å². The summed E-state index contributed by atoms with van der Waals surface area (Å²) in [6.45, 7) is 13.6. The predicted molar refractivity (Wildman–Crippen MR) is 70.4 cm³/mol. The van der Waals surface area contributed by atoms with Crippen LogP contribution < -0.4 is 0 Å². The highest BCUT2D eigenvalue weighted by Gasteiger charge is 2.41. The van der Waals surface area contributed by atoms with E-state index in [1.807, 2.05) is 0 Å². The highest BCUT2D eigenvalue weighted by atomic mass is 16.3. The second-order valence-corrected chi connectivity index (χ2v) is 7.72. The molecule has 0 heterocycles. The van der Waals surface area contributed by atoms with Gasteiger partial charge in [-0.3, -0.25) is 0 Å². The Morgan fingerprint density at radius 3 is 1.31 bits per heavy atom. The molecule has 1 rings (SSSR count). The van der Waals surface area contributed by atoms with E-state index in [2.05, 4.69) is 41.5 Å². The Morgan fingerprint density at radius 2 is 1.06 bits per heavy atom. The molecule has 2 unspecified atom stereocenters. The number of rotatable bonds is 0. The van der Waals surface area contributed by atoms with Crippen LogP contribution in [0.25, 0.3) is 0 Å². The quantitative estimate of drug-likeness (QED) is 0.612. The van der Waals surface area contributed by atoms with Gasteiger partial charge in [0, 0.05) is 0 Å². The monoisotopic (exact) mass is 226 g/mol. The largest absolute Gasteiger partial charge is 0.393 e. The summed E-state index contributed by atoms with van der Waals surface area (Å²) in [7, 11) is 0. The van der Waals surface area contributed by atoms with Crippen LogP contribution in [0.3, 0.4) is 0 Å². The molecule has 1 N–H and O–H groups in total. The molecule has 1 aliphatic rings. The van der Waals surface area contributed by atoms with Crippen LogP contribution in [-0.2, 0) is 0 Å². The summed E-state index contributed by atoms with van der Waals surface area (Å²) in [6.07, 6.45) is 4.83. The zero-order valence-corrected chi connectivity index (χ0v) is 12.0. The minimum Gasteiger partial charge on any atom is -0.393 e. The van der Waals surface area contributed by atoms with Crippen molar-refractivity contribution in [1.29, 1.82) is 0 Å². The lowest BCUT2D eigenvalue weighted by molar-refractivity contribution is -0.0339. The summed E-state index contributed by atoms with van der Waals surface area (Å²) in [6, 6.07) is 0. The lowest BCUT2D eigenvalue weighted by Crippen LogP contribution is -2.41. The fraction of sp³-hybridized carbons (Fsp3) is 1.00. The maximum atomic E-state index is 10.7. The molecule has 0 amide bonds. The third kappa shape index (κ3) is 3.23. The first-order chi connectivity index (χ1) is 7.14. The smallest absolute Gasteiger partial charge is 0.0606 e. The fourth-order valence-electron chi connectivity index (χ4n) is 3.24. The van der Waals surface area contributed by atoms with Crippen molar-refractivity contribution in [2.24, 2.45) is 22.7 Å². The summed E-state index contributed by atoms with van der Waals surface area (Å²) in [5.74, 6) is 0.915. The maximum Gasteiger partial charge on any atom is 0.0606 e. The first-order valence-corrected chi connectivity index (χ1v) is 6.82. The van der Waals surface area contributed by atoms with E-state index in [9.17, 15) is 5.11 Å². The van der Waals surface area contributed by atoms with Crippen LogP contribution in [0.2, 0.25) is 0 Å². The summed E-state index contributed by atoms with van der Waals surface area (Å²) >= 11 is 0. The minimum absolute atomic E-state index is 0.123. The van der Waals surface area contributed by atoms with Gasteiger partial charge in [0.2, 0.25) is 0 Å². The van der Waals surface area contributed by atoms with Crippen LogP contribution in [0.5, 0.6) is 0 Å². The van der Waals surface area contributed by atoms with Crippen molar-refractivity contribution >= 4 is 0 Å². The molecule has 0 aromatic heterocycles. The van der Waals surface area contributed by atoms with Crippen LogP contribution in [0.15, 0.2) is 0 Å². The number of aliphatic hydroxyl groups is 1. The van der Waals surface area contributed by atoms with E-state index in [-0.39, 0.29) is 16.9 Å². The van der Waals surface area contributed by atoms with Gasteiger partial charge in [-0.15, -0.1) is 0 Å². The predicted octanol–water partition coefficient (Wildman–Crippen LogP) is 4.25. The summed E-state index contributed by atoms with van der Waals surface area (Å²) in [5.41, 5.74) is 0.459. The van der Waals surface area contributed by atoms with Gasteiger partial charge in [-0.1, -0.05) is 54.4 Å². The number of aliphatic hydroxyl groups excluding tert-OH is 1. The van der Waals surface area contributed by atoms with Gasteiger partial charge in [-0.25, -0.2) is 0 Å². The molecule has 1 saturated carbocycles. The summed E-state index contributed by atoms with van der Waals surface area (Å²) < 4.78 is 0. The Morgan fingerprint density at radius 1 is 0.750 bits per heavy atom. The van der Waals surface area contributed by atoms with Crippen molar-refractivity contribution in [3.05, 3.63) is 0 Å². The molecular formula is C15H30O. The van der Waals surface area contributed by atoms with E-state index in [4.69, 9.17) is 0 Å². The molecule has 0 aromatic carbocycles. The van der Waals surface area contributed by atoms with E-state index in [0.717, 1.165) is 0 Å². The molecule has 0 radical (unpaired) electrons. The zero-order chi connectivity index (χ0) is 12.6. The standard InChI is InChI=1S/C15H30O/c1-14(2,3)11-9-7-8-10-12(13(11)16)15(4,5)6/h11-13,16H,7-10H2,1-6H3. The molecule has 1 fully saturated rings. The average molecular weight is 226 g/mol. The zero-order valence-electron chi connectivity index (χ0n) is 12.0. The summed E-state index contributed by atoms with van der Waals surface area (Å²) in [5, 5.41) is 10.7. The molecule has 1 aliphatic carbocycles. The van der Waals surface area contributed by atoms with E-state index >= 15 is 0 Å². The molecule has 1 nitrogen and oxygen atoms in total. The lowest BCUT2D eigenvalue weighted by Gasteiger charge is -2.41. The molecular weight excluding hydrogens is 196 g/mol. The van der Waals surface area contributed by atoms with Crippen molar-refractivity contribution in [2.45, 2.75) is 73.3 Å². The first kappa shape index (κ1) is 14.0. The van der Waals surface area contributed by atoms with Crippen LogP contribution in [0, 0.1) is 22.7 Å². The van der Waals surface area contributed by atoms with Crippen molar-refractivity contribution in [3.63, 3.8) is 0 Å². The minimum atomic E-state index is -0.123. The van der Waals surface area contributed by atoms with Crippen LogP contribution >= 0.6 is 0 Å². The van der Waals surface area contributed by atoms with Crippen molar-refractivity contribution < 1.29 is 5.11 Å². The molecule has 1 heteroatoms. The Balaban J connectivity index is 2.89. The second-order valence-electron chi connectivity index (χ2n) is 7.72. The van der Waals surface area contributed by atoms with Crippen molar-refractivity contribution in [2.75, 3.05) is 0 Å². The van der Waals surface area contributed by atoms with Crippen molar-refractivity contribution in [3.8, 4) is 0 Å². The van der Waals surface area contributed by atoms with Gasteiger partial charge in [0.25, 0.3) is 0 Å². The SMILES string of the molecule is CC(C)(C)C1CCCCC(C(C)(C)C)C1O. The van der Waals surface area contributed by atoms with Gasteiger partial charge in [0.1, 0.15) is 0 Å². The molecule has 0 spiro atoms. The summed E-state index contributed by atoms with van der Waals surface area (Å²) in [4.78, 5) is 0. The van der Waals surface area contributed by atoms with Crippen LogP contribution in [-0.4, -0.2) is 11.2 Å². The van der Waals surface area contributed by atoms with Gasteiger partial charge in [0.05, 0.1) is 6.10 Å². The van der Waals surface area contributed by atoms with Gasteiger partial charge in [-0.05, 0) is 35.5 Å². The first-order valence-electron chi connectivity index (χ1n) is 6.82. The highest BCUT2D eigenvalue weighted by molar-refractivity contribution is 4.91. The molecule has 2 atom stereocenters. The number of hydrogen-bond donors (Lipinski definition) is 1. The highest BCUT2D eigenvalue weighted by Crippen LogP contribution is 2.44. The number of hydrogen-bond acceptors (Lipinski definition) is 1. The second kappa shape index (κ2) is 4.68. The van der Waals surface area contributed by atoms with Crippen LogP contribution in [0.4, 0.5) is 0 Å². The third-order valence-electron chi connectivity index (χ3n) is 4.33. The van der Waals surface area contributed by atoms with Crippen molar-refractivity contribution in [1.82, 2.24) is 0 Å². The molecule has 0 aromatic rings. The normalized spacial score (nSPS) is 33.6. The average Bonchev–Trinajstić information content (AvgIpc) is 2.23. The van der Waals surface area contributed by atoms with Crippen LogP contribution in [0.1, 0.15) is 67.2 Å². The fourth-order valence-corrected chi connectivity index (χ4v) is 3.24. The molecule has 0 saturated heterocycles.